The van der Waals surface area contributed by atoms with Gasteiger partial charge in [0.1, 0.15) is 5.75 Å². The zero-order valence-corrected chi connectivity index (χ0v) is 17.6. The maximum Gasteiger partial charge on any atom is 0.249 e. The summed E-state index contributed by atoms with van der Waals surface area (Å²) in [6.45, 7) is 4.92. The topological polar surface area (TPSA) is 68.2 Å². The lowest BCUT2D eigenvalue weighted by atomic mass is 10.0. The van der Waals surface area contributed by atoms with Crippen molar-refractivity contribution in [3.63, 3.8) is 0 Å². The molecule has 1 heterocycles. The number of fused-ring (bicyclic) bond motifs is 3. The van der Waals surface area contributed by atoms with E-state index in [0.29, 0.717) is 17.5 Å². The fourth-order valence-electron chi connectivity index (χ4n) is 4.39. The average molecular weight is 401 g/mol. The predicted molar refractivity (Wildman–Crippen MR) is 123 cm³/mol. The number of amides is 1. The summed E-state index contributed by atoms with van der Waals surface area (Å²) in [5.74, 6) is -0.276. The SMILES string of the molecule is CCCCCc1cc(O)c2c3c(C(N)=O)cccc3n(Cc3cccc(C)c3)c2c1. The number of carbonyl (C=O) groups is 1. The molecule has 1 aromatic heterocycles. The zero-order chi connectivity index (χ0) is 21.3. The second-order valence-electron chi connectivity index (χ2n) is 8.11. The highest BCUT2D eigenvalue weighted by molar-refractivity contribution is 6.19. The Morgan fingerprint density at radius 2 is 1.77 bits per heavy atom. The number of phenols is 1. The standard InChI is InChI=1S/C26H28N2O2/c1-3-4-5-9-18-14-22-25(23(29)15-18)24-20(26(27)30)11-7-12-21(24)28(22)16-19-10-6-8-17(2)13-19/h6-8,10-15,29H,3-5,9,16H2,1-2H3,(H2,27,30). The van der Waals surface area contributed by atoms with Crippen molar-refractivity contribution in [2.75, 3.05) is 0 Å². The van der Waals surface area contributed by atoms with Gasteiger partial charge in [-0.3, -0.25) is 4.79 Å². The van der Waals surface area contributed by atoms with Crippen LogP contribution in [0.25, 0.3) is 21.8 Å². The van der Waals surface area contributed by atoms with Crippen molar-refractivity contribution in [1.82, 2.24) is 4.57 Å². The molecule has 0 atom stereocenters. The van der Waals surface area contributed by atoms with E-state index in [9.17, 15) is 9.90 Å². The van der Waals surface area contributed by atoms with Crippen LogP contribution in [0.1, 0.15) is 53.2 Å². The highest BCUT2D eigenvalue weighted by atomic mass is 16.3. The maximum atomic E-state index is 12.2. The number of hydrogen-bond acceptors (Lipinski definition) is 2. The molecule has 4 aromatic rings. The molecule has 0 aliphatic heterocycles. The number of unbranched alkanes of at least 4 members (excludes halogenated alkanes) is 2. The van der Waals surface area contributed by atoms with Gasteiger partial charge in [0.15, 0.2) is 0 Å². The molecule has 3 N–H and O–H groups in total. The van der Waals surface area contributed by atoms with Gasteiger partial charge in [0.2, 0.25) is 5.91 Å². The Hall–Kier alpha value is -3.27. The Morgan fingerprint density at radius 3 is 2.50 bits per heavy atom. The molecule has 4 nitrogen and oxygen atoms in total. The van der Waals surface area contributed by atoms with Gasteiger partial charge in [-0.2, -0.15) is 0 Å². The first-order chi connectivity index (χ1) is 14.5. The van der Waals surface area contributed by atoms with Crippen molar-refractivity contribution in [2.24, 2.45) is 5.73 Å². The minimum atomic E-state index is -0.485. The fraction of sp³-hybridized carbons (Fsp3) is 0.269. The van der Waals surface area contributed by atoms with Crippen LogP contribution in [0.15, 0.2) is 54.6 Å². The van der Waals surface area contributed by atoms with Crippen molar-refractivity contribution in [3.8, 4) is 5.75 Å². The number of nitrogens with zero attached hydrogens (tertiary/aromatic N) is 1. The second kappa shape index (κ2) is 8.23. The van der Waals surface area contributed by atoms with Crippen LogP contribution in [-0.4, -0.2) is 15.6 Å². The minimum Gasteiger partial charge on any atom is -0.507 e. The smallest absolute Gasteiger partial charge is 0.249 e. The molecule has 1 amide bonds. The molecular formula is C26H28N2O2. The van der Waals surface area contributed by atoms with E-state index in [1.54, 1.807) is 6.07 Å². The van der Waals surface area contributed by atoms with Crippen molar-refractivity contribution in [3.05, 3.63) is 76.9 Å². The number of rotatable bonds is 7. The lowest BCUT2D eigenvalue weighted by Crippen LogP contribution is -2.11. The quantitative estimate of drug-likeness (QED) is 0.391. The molecule has 0 bridgehead atoms. The van der Waals surface area contributed by atoms with Crippen molar-refractivity contribution < 1.29 is 9.90 Å². The molecule has 4 rings (SSSR count). The van der Waals surface area contributed by atoms with Crippen LogP contribution in [0.2, 0.25) is 0 Å². The molecule has 4 heteroatoms. The Labute approximate surface area is 176 Å². The van der Waals surface area contributed by atoms with Gasteiger partial charge in [-0.05, 0) is 55.2 Å². The third-order valence-corrected chi connectivity index (χ3v) is 5.79. The van der Waals surface area contributed by atoms with Crippen LogP contribution < -0.4 is 5.73 Å². The van der Waals surface area contributed by atoms with Crippen LogP contribution in [0.5, 0.6) is 5.75 Å². The Bertz CT molecular complexity index is 1240. The van der Waals surface area contributed by atoms with Crippen LogP contribution in [-0.2, 0) is 13.0 Å². The molecule has 30 heavy (non-hydrogen) atoms. The monoisotopic (exact) mass is 400 g/mol. The Morgan fingerprint density at radius 1 is 0.967 bits per heavy atom. The molecule has 0 unspecified atom stereocenters. The molecule has 0 aliphatic rings. The van der Waals surface area contributed by atoms with E-state index in [4.69, 9.17) is 5.73 Å². The minimum absolute atomic E-state index is 0.209. The number of hydrogen-bond donors (Lipinski definition) is 2. The molecule has 0 aliphatic carbocycles. The van der Waals surface area contributed by atoms with Gasteiger partial charge in [0, 0.05) is 17.5 Å². The van der Waals surface area contributed by atoms with E-state index < -0.39 is 5.91 Å². The van der Waals surface area contributed by atoms with Crippen molar-refractivity contribution >= 4 is 27.7 Å². The van der Waals surface area contributed by atoms with Crippen LogP contribution >= 0.6 is 0 Å². The third-order valence-electron chi connectivity index (χ3n) is 5.79. The summed E-state index contributed by atoms with van der Waals surface area (Å²) in [5, 5.41) is 12.4. The van der Waals surface area contributed by atoms with E-state index in [2.05, 4.69) is 48.7 Å². The highest BCUT2D eigenvalue weighted by Gasteiger charge is 2.20. The molecule has 0 saturated carbocycles. The summed E-state index contributed by atoms with van der Waals surface area (Å²) in [5.41, 5.74) is 11.5. The largest absolute Gasteiger partial charge is 0.507 e. The van der Waals surface area contributed by atoms with E-state index in [0.717, 1.165) is 47.7 Å². The third kappa shape index (κ3) is 3.65. The lowest BCUT2D eigenvalue weighted by molar-refractivity contribution is 0.100. The predicted octanol–water partition coefficient (Wildman–Crippen LogP) is 5.69. The molecule has 0 fully saturated rings. The van der Waals surface area contributed by atoms with Gasteiger partial charge >= 0.3 is 0 Å². The number of primary amides is 1. The van der Waals surface area contributed by atoms with Crippen molar-refractivity contribution in [1.29, 1.82) is 0 Å². The van der Waals surface area contributed by atoms with Crippen LogP contribution in [0, 0.1) is 6.92 Å². The Kier molecular flexibility index (Phi) is 5.49. The van der Waals surface area contributed by atoms with Crippen LogP contribution in [0.3, 0.4) is 0 Å². The number of aromatic nitrogens is 1. The first-order valence-electron chi connectivity index (χ1n) is 10.6. The number of carbonyl (C=O) groups excluding carboxylic acids is 1. The van der Waals surface area contributed by atoms with E-state index >= 15 is 0 Å². The fourth-order valence-corrected chi connectivity index (χ4v) is 4.39. The number of aryl methyl sites for hydroxylation is 2. The number of benzene rings is 3. The van der Waals surface area contributed by atoms with Crippen LogP contribution in [0.4, 0.5) is 0 Å². The summed E-state index contributed by atoms with van der Waals surface area (Å²) in [6, 6.07) is 18.0. The van der Waals surface area contributed by atoms with E-state index in [-0.39, 0.29) is 5.75 Å². The molecular weight excluding hydrogens is 372 g/mol. The van der Waals surface area contributed by atoms with Crippen molar-refractivity contribution in [2.45, 2.75) is 46.1 Å². The molecule has 0 saturated heterocycles. The Balaban J connectivity index is 1.98. The molecule has 3 aromatic carbocycles. The number of phenolic OH excluding ortho intramolecular Hbond substituents is 1. The van der Waals surface area contributed by atoms with Gasteiger partial charge in [-0.1, -0.05) is 55.7 Å². The zero-order valence-electron chi connectivity index (χ0n) is 17.6. The first kappa shape index (κ1) is 20.0. The summed E-state index contributed by atoms with van der Waals surface area (Å²) >= 11 is 0. The lowest BCUT2D eigenvalue weighted by Gasteiger charge is -2.10. The normalized spacial score (nSPS) is 11.4. The maximum absolute atomic E-state index is 12.2. The van der Waals surface area contributed by atoms with Gasteiger partial charge < -0.3 is 15.4 Å². The molecule has 154 valence electrons. The summed E-state index contributed by atoms with van der Waals surface area (Å²) in [6.07, 6.45) is 4.33. The number of nitrogens with two attached hydrogens (primary N) is 1. The van der Waals surface area contributed by atoms with Gasteiger partial charge in [0.05, 0.1) is 16.4 Å². The highest BCUT2D eigenvalue weighted by Crippen LogP contribution is 2.38. The van der Waals surface area contributed by atoms with Gasteiger partial charge in [-0.25, -0.2) is 0 Å². The van der Waals surface area contributed by atoms with Gasteiger partial charge in [0.25, 0.3) is 0 Å². The second-order valence-corrected chi connectivity index (χ2v) is 8.11. The first-order valence-corrected chi connectivity index (χ1v) is 10.6. The van der Waals surface area contributed by atoms with E-state index in [1.165, 1.54) is 11.1 Å². The molecule has 0 radical (unpaired) electrons. The number of aromatic hydroxyl groups is 1. The molecule has 0 spiro atoms. The summed E-state index contributed by atoms with van der Waals surface area (Å²) in [7, 11) is 0. The summed E-state index contributed by atoms with van der Waals surface area (Å²) in [4.78, 5) is 12.2. The van der Waals surface area contributed by atoms with Gasteiger partial charge in [-0.15, -0.1) is 0 Å². The average Bonchev–Trinajstić information content (AvgIpc) is 3.02. The van der Waals surface area contributed by atoms with E-state index in [1.807, 2.05) is 18.2 Å². The summed E-state index contributed by atoms with van der Waals surface area (Å²) < 4.78 is 2.19.